The van der Waals surface area contributed by atoms with Crippen LogP contribution in [0.1, 0.15) is 20.8 Å². The van der Waals surface area contributed by atoms with Gasteiger partial charge < -0.3 is 5.11 Å². The number of carboxylic acid groups (broad SMARTS) is 1. The lowest BCUT2D eigenvalue weighted by Crippen LogP contribution is -2.45. The second kappa shape index (κ2) is 4.31. The molecule has 11 heavy (non-hydrogen) atoms. The average molecular weight is 160 g/mol. The van der Waals surface area contributed by atoms with E-state index in [1.807, 2.05) is 13.8 Å². The standard InChI is InChI=1S/C7H16N2O2/c1-5(2)4-9(8)6(3)7(10)11/h5-6H,4,8H2,1-3H3,(H,10,11)/t6-/m0/s1. The monoisotopic (exact) mass is 160 g/mol. The Morgan fingerprint density at radius 1 is 1.55 bits per heavy atom. The lowest BCUT2D eigenvalue weighted by atomic mass is 10.2. The van der Waals surface area contributed by atoms with Crippen LogP contribution in [0.15, 0.2) is 0 Å². The van der Waals surface area contributed by atoms with E-state index in [4.69, 9.17) is 10.9 Å². The van der Waals surface area contributed by atoms with Gasteiger partial charge in [0, 0.05) is 6.54 Å². The number of nitrogens with two attached hydrogens (primary N) is 1. The summed E-state index contributed by atoms with van der Waals surface area (Å²) in [5.74, 6) is 4.98. The zero-order chi connectivity index (χ0) is 9.02. The number of rotatable bonds is 4. The molecule has 3 N–H and O–H groups in total. The summed E-state index contributed by atoms with van der Waals surface area (Å²) in [6, 6.07) is -0.600. The molecule has 0 aromatic carbocycles. The molecule has 0 aromatic heterocycles. The number of hydrogen-bond acceptors (Lipinski definition) is 3. The molecule has 0 spiro atoms. The molecule has 0 aliphatic heterocycles. The molecule has 0 aliphatic carbocycles. The Hall–Kier alpha value is -0.610. The summed E-state index contributed by atoms with van der Waals surface area (Å²) in [4.78, 5) is 10.4. The van der Waals surface area contributed by atoms with E-state index in [1.165, 1.54) is 5.01 Å². The van der Waals surface area contributed by atoms with E-state index < -0.39 is 12.0 Å². The second-order valence-corrected chi connectivity index (χ2v) is 3.10. The van der Waals surface area contributed by atoms with E-state index in [2.05, 4.69) is 0 Å². The molecule has 1 atom stereocenters. The lowest BCUT2D eigenvalue weighted by Gasteiger charge is -2.22. The first-order valence-corrected chi connectivity index (χ1v) is 3.69. The highest BCUT2D eigenvalue weighted by molar-refractivity contribution is 5.72. The molecule has 0 aliphatic rings. The molecule has 0 fully saturated rings. The molecule has 66 valence electrons. The Balaban J connectivity index is 3.82. The summed E-state index contributed by atoms with van der Waals surface area (Å²) in [5, 5.41) is 9.88. The summed E-state index contributed by atoms with van der Waals surface area (Å²) >= 11 is 0. The van der Waals surface area contributed by atoms with Gasteiger partial charge in [-0.25, -0.2) is 5.01 Å². The van der Waals surface area contributed by atoms with E-state index in [9.17, 15) is 4.79 Å². The normalized spacial score (nSPS) is 14.0. The third-order valence-corrected chi connectivity index (χ3v) is 1.43. The van der Waals surface area contributed by atoms with E-state index >= 15 is 0 Å². The van der Waals surface area contributed by atoms with Crippen molar-refractivity contribution in [2.75, 3.05) is 6.54 Å². The molecule has 4 heteroatoms. The topological polar surface area (TPSA) is 66.6 Å². The predicted molar refractivity (Wildman–Crippen MR) is 42.8 cm³/mol. The van der Waals surface area contributed by atoms with Crippen LogP contribution in [0.2, 0.25) is 0 Å². The second-order valence-electron chi connectivity index (χ2n) is 3.10. The first-order chi connectivity index (χ1) is 4.95. The van der Waals surface area contributed by atoms with Gasteiger partial charge in [0.25, 0.3) is 0 Å². The number of aliphatic carboxylic acids is 1. The van der Waals surface area contributed by atoms with Crippen molar-refractivity contribution in [3.63, 3.8) is 0 Å². The van der Waals surface area contributed by atoms with Crippen LogP contribution < -0.4 is 5.84 Å². The first kappa shape index (κ1) is 10.4. The third-order valence-electron chi connectivity index (χ3n) is 1.43. The van der Waals surface area contributed by atoms with E-state index in [-0.39, 0.29) is 0 Å². The van der Waals surface area contributed by atoms with Crippen molar-refractivity contribution < 1.29 is 9.90 Å². The summed E-state index contributed by atoms with van der Waals surface area (Å²) in [7, 11) is 0. The number of carboxylic acids is 1. The maximum absolute atomic E-state index is 10.4. The molecule has 0 saturated carbocycles. The summed E-state index contributed by atoms with van der Waals surface area (Å²) in [6.07, 6.45) is 0. The largest absolute Gasteiger partial charge is 0.480 e. The SMILES string of the molecule is CC(C)CN(N)[C@@H](C)C(=O)O. The molecule has 0 heterocycles. The highest BCUT2D eigenvalue weighted by Crippen LogP contribution is 1.98. The third kappa shape index (κ3) is 3.95. The fourth-order valence-electron chi connectivity index (χ4n) is 0.722. The summed E-state index contributed by atoms with van der Waals surface area (Å²) in [5.41, 5.74) is 0. The van der Waals surface area contributed by atoms with Crippen LogP contribution in [-0.2, 0) is 4.79 Å². The van der Waals surface area contributed by atoms with Gasteiger partial charge in [-0.1, -0.05) is 13.8 Å². The molecule has 0 amide bonds. The number of carbonyl (C=O) groups is 1. The van der Waals surface area contributed by atoms with Crippen molar-refractivity contribution in [3.8, 4) is 0 Å². The van der Waals surface area contributed by atoms with Gasteiger partial charge >= 0.3 is 5.97 Å². The minimum Gasteiger partial charge on any atom is -0.480 e. The van der Waals surface area contributed by atoms with Crippen LogP contribution >= 0.6 is 0 Å². The van der Waals surface area contributed by atoms with Crippen LogP contribution in [0.3, 0.4) is 0 Å². The van der Waals surface area contributed by atoms with Crippen molar-refractivity contribution in [2.24, 2.45) is 11.8 Å². The van der Waals surface area contributed by atoms with Gasteiger partial charge in [0.2, 0.25) is 0 Å². The fraction of sp³-hybridized carbons (Fsp3) is 0.857. The van der Waals surface area contributed by atoms with Gasteiger partial charge in [-0.15, -0.1) is 0 Å². The minimum atomic E-state index is -0.881. The quantitative estimate of drug-likeness (QED) is 0.458. The molecular weight excluding hydrogens is 144 g/mol. The van der Waals surface area contributed by atoms with Crippen LogP contribution in [-0.4, -0.2) is 28.7 Å². The Labute approximate surface area is 67.0 Å². The predicted octanol–water partition coefficient (Wildman–Crippen LogP) is 0.291. The molecular formula is C7H16N2O2. The average Bonchev–Trinajstić information content (AvgIpc) is 1.84. The number of hydrazine groups is 1. The van der Waals surface area contributed by atoms with Crippen molar-refractivity contribution >= 4 is 5.97 Å². The Bertz CT molecular complexity index is 136. The Morgan fingerprint density at radius 3 is 2.27 bits per heavy atom. The molecule has 0 rings (SSSR count). The van der Waals surface area contributed by atoms with Crippen LogP contribution in [0.25, 0.3) is 0 Å². The van der Waals surface area contributed by atoms with Gasteiger partial charge in [0.05, 0.1) is 0 Å². The van der Waals surface area contributed by atoms with E-state index in [0.717, 1.165) is 0 Å². The van der Waals surface area contributed by atoms with Crippen molar-refractivity contribution in [3.05, 3.63) is 0 Å². The van der Waals surface area contributed by atoms with Gasteiger partial charge in [0.1, 0.15) is 6.04 Å². The highest BCUT2D eigenvalue weighted by atomic mass is 16.4. The number of hydrogen-bond donors (Lipinski definition) is 2. The molecule has 0 radical (unpaired) electrons. The molecule has 0 saturated heterocycles. The zero-order valence-corrected chi connectivity index (χ0v) is 7.24. The van der Waals surface area contributed by atoms with E-state index in [1.54, 1.807) is 6.92 Å². The lowest BCUT2D eigenvalue weighted by molar-refractivity contribution is -0.142. The smallest absolute Gasteiger partial charge is 0.322 e. The van der Waals surface area contributed by atoms with Crippen molar-refractivity contribution in [1.29, 1.82) is 0 Å². The van der Waals surface area contributed by atoms with Crippen LogP contribution in [0, 0.1) is 5.92 Å². The van der Waals surface area contributed by atoms with Crippen molar-refractivity contribution in [1.82, 2.24) is 5.01 Å². The first-order valence-electron chi connectivity index (χ1n) is 3.69. The Kier molecular flexibility index (Phi) is 4.07. The maximum atomic E-state index is 10.4. The molecule has 0 unspecified atom stereocenters. The van der Waals surface area contributed by atoms with Crippen LogP contribution in [0.4, 0.5) is 0 Å². The number of nitrogens with zero attached hydrogens (tertiary/aromatic N) is 1. The zero-order valence-electron chi connectivity index (χ0n) is 7.24. The maximum Gasteiger partial charge on any atom is 0.322 e. The van der Waals surface area contributed by atoms with Gasteiger partial charge in [0.15, 0.2) is 0 Å². The van der Waals surface area contributed by atoms with Gasteiger partial charge in [-0.05, 0) is 12.8 Å². The molecule has 4 nitrogen and oxygen atoms in total. The fourth-order valence-corrected chi connectivity index (χ4v) is 0.722. The Morgan fingerprint density at radius 2 is 2.00 bits per heavy atom. The highest BCUT2D eigenvalue weighted by Gasteiger charge is 2.17. The van der Waals surface area contributed by atoms with Crippen molar-refractivity contribution in [2.45, 2.75) is 26.8 Å². The molecule has 0 bridgehead atoms. The van der Waals surface area contributed by atoms with Gasteiger partial charge in [-0.3, -0.25) is 10.6 Å². The summed E-state index contributed by atoms with van der Waals surface area (Å²) in [6.45, 7) is 6.17. The van der Waals surface area contributed by atoms with E-state index in [0.29, 0.717) is 12.5 Å². The molecule has 0 aromatic rings. The van der Waals surface area contributed by atoms with Gasteiger partial charge in [-0.2, -0.15) is 0 Å². The van der Waals surface area contributed by atoms with Crippen LogP contribution in [0.5, 0.6) is 0 Å². The minimum absolute atomic E-state index is 0.391. The summed E-state index contributed by atoms with van der Waals surface area (Å²) < 4.78 is 0.